The van der Waals surface area contributed by atoms with Gasteiger partial charge in [0.15, 0.2) is 5.96 Å². The summed E-state index contributed by atoms with van der Waals surface area (Å²) in [5.74, 6) is 0.347. The zero-order valence-electron chi connectivity index (χ0n) is 18.0. The molecule has 0 aliphatic heterocycles. The Balaban J connectivity index is 0.00000320. The van der Waals surface area contributed by atoms with Crippen molar-refractivity contribution in [1.29, 1.82) is 0 Å². The van der Waals surface area contributed by atoms with Crippen LogP contribution in [0.25, 0.3) is 0 Å². The second-order valence-electron chi connectivity index (χ2n) is 7.20. The Labute approximate surface area is 198 Å². The van der Waals surface area contributed by atoms with Gasteiger partial charge in [0, 0.05) is 13.2 Å². The number of carbonyl (C=O) groups excluding carboxylic acids is 1. The van der Waals surface area contributed by atoms with Crippen LogP contribution in [0.15, 0.2) is 17.3 Å². The van der Waals surface area contributed by atoms with Gasteiger partial charge in [-0.15, -0.1) is 35.3 Å². The molecular weight excluding hydrogens is 515 g/mol. The summed E-state index contributed by atoms with van der Waals surface area (Å²) in [6.45, 7) is 6.57. The third-order valence-electron chi connectivity index (χ3n) is 5.02. The summed E-state index contributed by atoms with van der Waals surface area (Å²) >= 11 is 1.35. The van der Waals surface area contributed by atoms with E-state index in [0.717, 1.165) is 10.7 Å². The molecule has 1 unspecified atom stereocenters. The number of thiazole rings is 1. The van der Waals surface area contributed by atoms with Crippen LogP contribution in [-0.4, -0.2) is 40.3 Å². The standard InChI is InChI=1S/C20H30N6O2S.HI/c1-5-28-19(27)17-13(2)23-18(29-17)14(3)24-20(21-4)22-12-15-10-11-26(25-15)16-8-6-7-9-16;/h10-11,14,16H,5-9,12H2,1-4H3,(H2,21,22,24);1H. The largest absolute Gasteiger partial charge is 0.462 e. The van der Waals surface area contributed by atoms with Crippen LogP contribution in [0.4, 0.5) is 0 Å². The molecule has 8 nitrogen and oxygen atoms in total. The summed E-state index contributed by atoms with van der Waals surface area (Å²) in [6, 6.07) is 2.50. The van der Waals surface area contributed by atoms with Crippen LogP contribution in [0.5, 0.6) is 0 Å². The molecule has 2 aromatic rings. The molecule has 2 aromatic heterocycles. The maximum absolute atomic E-state index is 12.0. The van der Waals surface area contributed by atoms with Crippen molar-refractivity contribution in [2.45, 2.75) is 65.1 Å². The van der Waals surface area contributed by atoms with Gasteiger partial charge in [0.1, 0.15) is 9.88 Å². The molecular formula is C20H31IN6O2S. The number of guanidine groups is 1. The number of hydrogen-bond donors (Lipinski definition) is 2. The van der Waals surface area contributed by atoms with Crippen molar-refractivity contribution in [3.05, 3.63) is 33.5 Å². The fourth-order valence-corrected chi connectivity index (χ4v) is 4.43. The zero-order chi connectivity index (χ0) is 20.8. The lowest BCUT2D eigenvalue weighted by atomic mass is 10.3. The summed E-state index contributed by atoms with van der Waals surface area (Å²) in [6.07, 6.45) is 7.09. The molecule has 1 aliphatic rings. The quantitative estimate of drug-likeness (QED) is 0.236. The van der Waals surface area contributed by atoms with E-state index >= 15 is 0 Å². The third kappa shape index (κ3) is 6.16. The Hall–Kier alpha value is -1.69. The predicted molar refractivity (Wildman–Crippen MR) is 130 cm³/mol. The summed E-state index contributed by atoms with van der Waals surface area (Å²) in [4.78, 5) is 21.4. The third-order valence-corrected chi connectivity index (χ3v) is 6.34. The lowest BCUT2D eigenvalue weighted by Crippen LogP contribution is -2.38. The molecule has 0 radical (unpaired) electrons. The molecule has 0 bridgehead atoms. The van der Waals surface area contributed by atoms with Gasteiger partial charge in [0.2, 0.25) is 0 Å². The van der Waals surface area contributed by atoms with Gasteiger partial charge in [-0.05, 0) is 39.7 Å². The zero-order valence-corrected chi connectivity index (χ0v) is 21.1. The van der Waals surface area contributed by atoms with Crippen molar-refractivity contribution < 1.29 is 9.53 Å². The van der Waals surface area contributed by atoms with Gasteiger partial charge in [-0.2, -0.15) is 5.10 Å². The number of nitrogens with one attached hydrogen (secondary N) is 2. The maximum atomic E-state index is 12.0. The molecule has 2 heterocycles. The number of ether oxygens (including phenoxy) is 1. The molecule has 166 valence electrons. The summed E-state index contributed by atoms with van der Waals surface area (Å²) in [7, 11) is 1.73. The Morgan fingerprint density at radius 3 is 2.83 bits per heavy atom. The number of rotatable bonds is 7. The van der Waals surface area contributed by atoms with Crippen molar-refractivity contribution in [2.75, 3.05) is 13.7 Å². The van der Waals surface area contributed by atoms with Crippen molar-refractivity contribution >= 4 is 47.2 Å². The summed E-state index contributed by atoms with van der Waals surface area (Å²) < 4.78 is 7.19. The molecule has 0 aromatic carbocycles. The topological polar surface area (TPSA) is 93.4 Å². The Morgan fingerprint density at radius 2 is 2.17 bits per heavy atom. The van der Waals surface area contributed by atoms with Crippen molar-refractivity contribution in [3.8, 4) is 0 Å². The fraction of sp³-hybridized carbons (Fsp3) is 0.600. The van der Waals surface area contributed by atoms with Crippen LogP contribution in [0.1, 0.15) is 77.7 Å². The van der Waals surface area contributed by atoms with E-state index in [9.17, 15) is 4.79 Å². The lowest BCUT2D eigenvalue weighted by molar-refractivity contribution is 0.0531. The second kappa shape index (κ2) is 11.6. The van der Waals surface area contributed by atoms with Crippen LogP contribution in [-0.2, 0) is 11.3 Å². The van der Waals surface area contributed by atoms with E-state index in [-0.39, 0.29) is 36.0 Å². The van der Waals surface area contributed by atoms with E-state index < -0.39 is 0 Å². The van der Waals surface area contributed by atoms with E-state index in [4.69, 9.17) is 9.84 Å². The van der Waals surface area contributed by atoms with Gasteiger partial charge in [0.25, 0.3) is 0 Å². The van der Waals surface area contributed by atoms with Gasteiger partial charge in [-0.3, -0.25) is 9.67 Å². The lowest BCUT2D eigenvalue weighted by Gasteiger charge is -2.15. The van der Waals surface area contributed by atoms with Gasteiger partial charge in [0.05, 0.1) is 36.6 Å². The summed E-state index contributed by atoms with van der Waals surface area (Å²) in [5.41, 5.74) is 1.68. The molecule has 30 heavy (non-hydrogen) atoms. The SMILES string of the molecule is CCOC(=O)c1sc(C(C)NC(=NC)NCc2ccn(C3CCCC3)n2)nc1C.I. The molecule has 3 rings (SSSR count). The van der Waals surface area contributed by atoms with Crippen molar-refractivity contribution in [3.63, 3.8) is 0 Å². The van der Waals surface area contributed by atoms with Crippen LogP contribution < -0.4 is 10.6 Å². The monoisotopic (exact) mass is 546 g/mol. The van der Waals surface area contributed by atoms with Crippen LogP contribution in [0.3, 0.4) is 0 Å². The van der Waals surface area contributed by atoms with Crippen LogP contribution in [0.2, 0.25) is 0 Å². The normalized spacial score (nSPS) is 15.5. The van der Waals surface area contributed by atoms with E-state index in [0.29, 0.717) is 35.7 Å². The molecule has 1 saturated carbocycles. The first-order valence-corrected chi connectivity index (χ1v) is 11.0. The first-order valence-electron chi connectivity index (χ1n) is 10.2. The Bertz CT molecular complexity index is 859. The molecule has 10 heteroatoms. The molecule has 0 saturated heterocycles. The highest BCUT2D eigenvalue weighted by molar-refractivity contribution is 14.0. The van der Waals surface area contributed by atoms with Crippen molar-refractivity contribution in [1.82, 2.24) is 25.4 Å². The smallest absolute Gasteiger partial charge is 0.350 e. The molecule has 0 spiro atoms. The predicted octanol–water partition coefficient (Wildman–Crippen LogP) is 3.98. The number of aromatic nitrogens is 3. The minimum absolute atomic E-state index is 0. The highest BCUT2D eigenvalue weighted by Crippen LogP contribution is 2.28. The number of carbonyl (C=O) groups is 1. The molecule has 1 aliphatic carbocycles. The minimum atomic E-state index is -0.318. The molecule has 1 atom stereocenters. The molecule has 1 fully saturated rings. The average molecular weight is 546 g/mol. The number of aliphatic imine (C=N–C) groups is 1. The van der Waals surface area contributed by atoms with Gasteiger partial charge in [-0.25, -0.2) is 9.78 Å². The van der Waals surface area contributed by atoms with Crippen molar-refractivity contribution in [2.24, 2.45) is 4.99 Å². The Kier molecular flexibility index (Phi) is 9.53. The van der Waals surface area contributed by atoms with E-state index in [1.165, 1.54) is 37.0 Å². The molecule has 2 N–H and O–H groups in total. The van der Waals surface area contributed by atoms with Gasteiger partial charge >= 0.3 is 5.97 Å². The fourth-order valence-electron chi connectivity index (χ4n) is 3.47. The maximum Gasteiger partial charge on any atom is 0.350 e. The van der Waals surface area contributed by atoms with E-state index in [1.807, 2.05) is 13.8 Å². The first kappa shape index (κ1) is 24.6. The van der Waals surface area contributed by atoms with Crippen LogP contribution >= 0.6 is 35.3 Å². The van der Waals surface area contributed by atoms with Crippen LogP contribution in [0, 0.1) is 6.92 Å². The van der Waals surface area contributed by atoms with E-state index in [2.05, 4.69) is 37.6 Å². The van der Waals surface area contributed by atoms with Gasteiger partial charge < -0.3 is 15.4 Å². The van der Waals surface area contributed by atoms with Gasteiger partial charge in [-0.1, -0.05) is 12.8 Å². The highest BCUT2D eigenvalue weighted by Gasteiger charge is 2.20. The number of aryl methyl sites for hydroxylation is 1. The number of esters is 1. The first-order chi connectivity index (χ1) is 14.0. The minimum Gasteiger partial charge on any atom is -0.462 e. The average Bonchev–Trinajstić information content (AvgIpc) is 3.45. The summed E-state index contributed by atoms with van der Waals surface area (Å²) in [5, 5.41) is 12.1. The molecule has 0 amide bonds. The highest BCUT2D eigenvalue weighted by atomic mass is 127. The second-order valence-corrected chi connectivity index (χ2v) is 8.23. The van der Waals surface area contributed by atoms with E-state index in [1.54, 1.807) is 14.0 Å². The number of halogens is 1. The number of nitrogens with zero attached hydrogens (tertiary/aromatic N) is 4. The Morgan fingerprint density at radius 1 is 1.43 bits per heavy atom. The number of hydrogen-bond acceptors (Lipinski definition) is 6.